The molecule has 0 aliphatic carbocycles. The Kier molecular flexibility index (Phi) is 6.12. The van der Waals surface area contributed by atoms with Gasteiger partial charge in [-0.25, -0.2) is 4.98 Å². The summed E-state index contributed by atoms with van der Waals surface area (Å²) in [7, 11) is 3.57. The van der Waals surface area contributed by atoms with Crippen LogP contribution < -0.4 is 10.6 Å². The lowest BCUT2D eigenvalue weighted by molar-refractivity contribution is -0.118. The minimum Gasteiger partial charge on any atom is -0.305 e. The van der Waals surface area contributed by atoms with E-state index >= 15 is 0 Å². The first-order chi connectivity index (χ1) is 9.13. The first-order valence-electron chi connectivity index (χ1n) is 6.05. The fourth-order valence-electron chi connectivity index (χ4n) is 1.74. The van der Waals surface area contributed by atoms with E-state index in [1.54, 1.807) is 24.1 Å². The van der Waals surface area contributed by atoms with Crippen molar-refractivity contribution >= 4 is 34.8 Å². The number of nitrogens with zero attached hydrogens (tertiary/aromatic N) is 3. The predicted molar refractivity (Wildman–Crippen MR) is 82.4 cm³/mol. The van der Waals surface area contributed by atoms with E-state index in [0.29, 0.717) is 5.13 Å². The molecule has 2 N–H and O–H groups in total. The number of amides is 1. The standard InChI is InChI=1S/C12H17N5OS.ClH/c1-4-9-6-14-12(19-9)16-11(18)10(13-2)8-5-15-17(3)7-8;/h5-7,10,13H,4H2,1-3H3,(H,14,16,18);1H. The second-order valence-corrected chi connectivity index (χ2v) is 5.26. The lowest BCUT2D eigenvalue weighted by Gasteiger charge is -2.12. The third-order valence-corrected chi connectivity index (χ3v) is 3.80. The first kappa shape index (κ1) is 16.6. The Hall–Kier alpha value is -1.44. The van der Waals surface area contributed by atoms with Gasteiger partial charge in [-0.2, -0.15) is 5.10 Å². The largest absolute Gasteiger partial charge is 0.305 e. The Bertz CT molecular complexity index is 568. The molecule has 0 aliphatic heterocycles. The van der Waals surface area contributed by atoms with Gasteiger partial charge in [-0.3, -0.25) is 9.48 Å². The van der Waals surface area contributed by atoms with Gasteiger partial charge in [0.1, 0.15) is 6.04 Å². The molecule has 110 valence electrons. The topological polar surface area (TPSA) is 71.8 Å². The van der Waals surface area contributed by atoms with E-state index in [2.05, 4.69) is 27.6 Å². The van der Waals surface area contributed by atoms with E-state index in [1.807, 2.05) is 13.2 Å². The first-order valence-corrected chi connectivity index (χ1v) is 6.87. The van der Waals surface area contributed by atoms with Crippen LogP contribution in [0.1, 0.15) is 23.4 Å². The fourth-order valence-corrected chi connectivity index (χ4v) is 2.50. The van der Waals surface area contributed by atoms with E-state index in [1.165, 1.54) is 11.3 Å². The van der Waals surface area contributed by atoms with Gasteiger partial charge in [-0.05, 0) is 13.5 Å². The van der Waals surface area contributed by atoms with E-state index in [4.69, 9.17) is 0 Å². The summed E-state index contributed by atoms with van der Waals surface area (Å²) < 4.78 is 1.67. The number of rotatable bonds is 5. The number of nitrogens with one attached hydrogen (secondary N) is 2. The molecule has 1 unspecified atom stereocenters. The lowest BCUT2D eigenvalue weighted by Crippen LogP contribution is -2.30. The number of hydrogen-bond donors (Lipinski definition) is 2. The highest BCUT2D eigenvalue weighted by Crippen LogP contribution is 2.20. The maximum absolute atomic E-state index is 12.2. The van der Waals surface area contributed by atoms with Gasteiger partial charge in [-0.1, -0.05) is 6.92 Å². The second-order valence-electron chi connectivity index (χ2n) is 4.14. The molecular formula is C12H18ClN5OS. The summed E-state index contributed by atoms with van der Waals surface area (Å²) in [6, 6.07) is -0.428. The summed E-state index contributed by atoms with van der Waals surface area (Å²) in [4.78, 5) is 17.5. The number of aromatic nitrogens is 3. The highest BCUT2D eigenvalue weighted by atomic mass is 35.5. The molecule has 2 aromatic rings. The van der Waals surface area contributed by atoms with Crippen LogP contribution in [0, 0.1) is 0 Å². The van der Waals surface area contributed by atoms with Crippen molar-refractivity contribution in [1.82, 2.24) is 20.1 Å². The Morgan fingerprint density at radius 2 is 2.25 bits per heavy atom. The second kappa shape index (κ2) is 7.37. The van der Waals surface area contributed by atoms with Crippen LogP contribution in [0.2, 0.25) is 0 Å². The Balaban J connectivity index is 0.00000200. The average molecular weight is 316 g/mol. The number of aryl methyl sites for hydroxylation is 2. The molecule has 0 bridgehead atoms. The van der Waals surface area contributed by atoms with Crippen molar-refractivity contribution in [1.29, 1.82) is 0 Å². The maximum atomic E-state index is 12.2. The smallest absolute Gasteiger partial charge is 0.247 e. The molecule has 0 aliphatic rings. The maximum Gasteiger partial charge on any atom is 0.247 e. The number of carbonyl (C=O) groups is 1. The van der Waals surface area contributed by atoms with Gasteiger partial charge in [0.15, 0.2) is 5.13 Å². The summed E-state index contributed by atoms with van der Waals surface area (Å²) >= 11 is 1.50. The van der Waals surface area contributed by atoms with Crippen LogP contribution in [0.4, 0.5) is 5.13 Å². The Morgan fingerprint density at radius 3 is 2.75 bits per heavy atom. The summed E-state index contributed by atoms with van der Waals surface area (Å²) in [6.07, 6.45) is 6.21. The van der Waals surface area contributed by atoms with Crippen molar-refractivity contribution in [3.63, 3.8) is 0 Å². The normalized spacial score (nSPS) is 11.8. The quantitative estimate of drug-likeness (QED) is 0.882. The molecule has 2 heterocycles. The number of anilines is 1. The summed E-state index contributed by atoms with van der Waals surface area (Å²) in [5.41, 5.74) is 0.828. The molecule has 1 atom stereocenters. The highest BCUT2D eigenvalue weighted by Gasteiger charge is 2.21. The van der Waals surface area contributed by atoms with Crippen LogP contribution in [-0.4, -0.2) is 27.7 Å². The SMILES string of the molecule is CCc1cnc(NC(=O)C(NC)c2cnn(C)c2)s1.Cl. The third-order valence-electron chi connectivity index (χ3n) is 2.74. The molecule has 8 heteroatoms. The van der Waals surface area contributed by atoms with Gasteiger partial charge in [0.2, 0.25) is 5.91 Å². The molecule has 2 aromatic heterocycles. The van der Waals surface area contributed by atoms with Gasteiger partial charge in [0, 0.05) is 29.9 Å². The van der Waals surface area contributed by atoms with E-state index in [9.17, 15) is 4.79 Å². The molecule has 20 heavy (non-hydrogen) atoms. The van der Waals surface area contributed by atoms with E-state index < -0.39 is 6.04 Å². The van der Waals surface area contributed by atoms with Gasteiger partial charge >= 0.3 is 0 Å². The van der Waals surface area contributed by atoms with Crippen molar-refractivity contribution in [2.45, 2.75) is 19.4 Å². The van der Waals surface area contributed by atoms with Crippen LogP contribution in [0.15, 0.2) is 18.6 Å². The van der Waals surface area contributed by atoms with Gasteiger partial charge in [-0.15, -0.1) is 23.7 Å². The zero-order valence-corrected chi connectivity index (χ0v) is 13.2. The van der Waals surface area contributed by atoms with Crippen molar-refractivity contribution < 1.29 is 4.79 Å². The summed E-state index contributed by atoms with van der Waals surface area (Å²) in [5.74, 6) is -0.132. The van der Waals surface area contributed by atoms with Crippen molar-refractivity contribution in [2.75, 3.05) is 12.4 Å². The lowest BCUT2D eigenvalue weighted by atomic mass is 10.1. The molecule has 6 nitrogen and oxygen atoms in total. The molecular weight excluding hydrogens is 298 g/mol. The van der Waals surface area contributed by atoms with Crippen LogP contribution >= 0.6 is 23.7 Å². The molecule has 0 spiro atoms. The predicted octanol–water partition coefficient (Wildman–Crippen LogP) is 1.76. The van der Waals surface area contributed by atoms with Crippen LogP contribution in [-0.2, 0) is 18.3 Å². The number of likely N-dealkylation sites (N-methyl/N-ethyl adjacent to an activating group) is 1. The molecule has 0 saturated heterocycles. The van der Waals surface area contributed by atoms with Crippen LogP contribution in [0.25, 0.3) is 0 Å². The van der Waals surface area contributed by atoms with Crippen LogP contribution in [0.5, 0.6) is 0 Å². The Labute approximate surface area is 128 Å². The van der Waals surface area contributed by atoms with E-state index in [-0.39, 0.29) is 18.3 Å². The molecule has 0 fully saturated rings. The minimum absolute atomic E-state index is 0. The zero-order valence-electron chi connectivity index (χ0n) is 11.6. The number of thiazole rings is 1. The summed E-state index contributed by atoms with van der Waals surface area (Å²) in [6.45, 7) is 2.06. The zero-order chi connectivity index (χ0) is 13.8. The molecule has 1 amide bonds. The highest BCUT2D eigenvalue weighted by molar-refractivity contribution is 7.15. The molecule has 2 rings (SSSR count). The van der Waals surface area contributed by atoms with E-state index in [0.717, 1.165) is 16.9 Å². The van der Waals surface area contributed by atoms with Crippen LogP contribution in [0.3, 0.4) is 0 Å². The number of carbonyl (C=O) groups excluding carboxylic acids is 1. The van der Waals surface area contributed by atoms with Gasteiger partial charge in [0.25, 0.3) is 0 Å². The molecule has 0 saturated carbocycles. The monoisotopic (exact) mass is 315 g/mol. The van der Waals surface area contributed by atoms with Gasteiger partial charge in [0.05, 0.1) is 6.20 Å². The van der Waals surface area contributed by atoms with Crippen molar-refractivity contribution in [3.05, 3.63) is 29.0 Å². The van der Waals surface area contributed by atoms with Crippen molar-refractivity contribution in [2.24, 2.45) is 7.05 Å². The molecule has 0 radical (unpaired) electrons. The average Bonchev–Trinajstić information content (AvgIpc) is 3.00. The third kappa shape index (κ3) is 3.78. The van der Waals surface area contributed by atoms with Gasteiger partial charge < -0.3 is 10.6 Å². The molecule has 0 aromatic carbocycles. The fraction of sp³-hybridized carbons (Fsp3) is 0.417. The minimum atomic E-state index is -0.428. The van der Waals surface area contributed by atoms with Crippen molar-refractivity contribution in [3.8, 4) is 0 Å². The Morgan fingerprint density at radius 1 is 1.50 bits per heavy atom. The summed E-state index contributed by atoms with van der Waals surface area (Å²) in [5, 5.41) is 10.5. The number of halogens is 1. The number of hydrogen-bond acceptors (Lipinski definition) is 5.